The maximum absolute atomic E-state index is 12.5. The van der Waals surface area contributed by atoms with Gasteiger partial charge in [0.2, 0.25) is 0 Å². The van der Waals surface area contributed by atoms with Crippen LogP contribution in [-0.2, 0) is 6.18 Å². The van der Waals surface area contributed by atoms with Gasteiger partial charge in [0.15, 0.2) is 11.5 Å². The second-order valence-electron chi connectivity index (χ2n) is 3.60. The van der Waals surface area contributed by atoms with Crippen LogP contribution >= 0.6 is 34.2 Å². The molecule has 20 heavy (non-hydrogen) atoms. The van der Waals surface area contributed by atoms with Crippen LogP contribution in [0.5, 0.6) is 0 Å². The first kappa shape index (κ1) is 14.9. The lowest BCUT2D eigenvalue weighted by Gasteiger charge is -2.09. The lowest BCUT2D eigenvalue weighted by molar-refractivity contribution is -0.137. The molecular formula is C10H4ClF3IN5. The monoisotopic (exact) mass is 413 g/mol. The quantitative estimate of drug-likeness (QED) is 0.729. The van der Waals surface area contributed by atoms with Crippen molar-refractivity contribution < 1.29 is 13.2 Å². The molecule has 2 rings (SSSR count). The zero-order chi connectivity index (χ0) is 15.1. The van der Waals surface area contributed by atoms with Crippen molar-refractivity contribution in [2.75, 3.05) is 5.73 Å². The molecule has 0 atom stereocenters. The number of anilines is 1. The molecule has 0 radical (unpaired) electrons. The molecule has 2 N–H and O–H groups in total. The lowest BCUT2D eigenvalue weighted by Crippen LogP contribution is -2.09. The molecule has 0 aliphatic heterocycles. The van der Waals surface area contributed by atoms with Gasteiger partial charge in [-0.1, -0.05) is 11.6 Å². The molecule has 0 aliphatic rings. The Balaban J connectivity index is 2.58. The minimum Gasteiger partial charge on any atom is -0.383 e. The van der Waals surface area contributed by atoms with E-state index in [1.165, 1.54) is 0 Å². The maximum Gasteiger partial charge on any atom is 0.417 e. The van der Waals surface area contributed by atoms with Crippen LogP contribution < -0.4 is 5.73 Å². The summed E-state index contributed by atoms with van der Waals surface area (Å²) in [6, 6.07) is 2.54. The Morgan fingerprint density at radius 2 is 2.10 bits per heavy atom. The number of rotatable bonds is 1. The molecule has 5 nitrogen and oxygen atoms in total. The molecule has 0 bridgehead atoms. The van der Waals surface area contributed by atoms with Crippen molar-refractivity contribution in [1.29, 1.82) is 5.26 Å². The molecule has 104 valence electrons. The van der Waals surface area contributed by atoms with Crippen LogP contribution in [0.25, 0.3) is 5.82 Å². The topological polar surface area (TPSA) is 80.5 Å². The van der Waals surface area contributed by atoms with Crippen molar-refractivity contribution in [2.24, 2.45) is 0 Å². The summed E-state index contributed by atoms with van der Waals surface area (Å²) >= 11 is 7.58. The third-order valence-electron chi connectivity index (χ3n) is 2.32. The summed E-state index contributed by atoms with van der Waals surface area (Å²) in [6.07, 6.45) is -3.92. The Hall–Kier alpha value is -1.54. The highest BCUT2D eigenvalue weighted by Crippen LogP contribution is 2.33. The Kier molecular flexibility index (Phi) is 3.79. The number of pyridine rings is 1. The predicted molar refractivity (Wildman–Crippen MR) is 73.2 cm³/mol. The molecular weight excluding hydrogens is 409 g/mol. The van der Waals surface area contributed by atoms with Gasteiger partial charge < -0.3 is 5.73 Å². The summed E-state index contributed by atoms with van der Waals surface area (Å²) in [4.78, 5) is 3.62. The first-order valence-corrected chi connectivity index (χ1v) is 6.38. The minimum absolute atomic E-state index is 0.0425. The van der Waals surface area contributed by atoms with Gasteiger partial charge in [-0.05, 0) is 28.7 Å². The Morgan fingerprint density at radius 3 is 2.55 bits per heavy atom. The van der Waals surface area contributed by atoms with Gasteiger partial charge in [0, 0.05) is 6.20 Å². The number of nitrogen functional groups attached to an aromatic ring is 1. The van der Waals surface area contributed by atoms with Crippen LogP contribution in [0.2, 0.25) is 5.02 Å². The summed E-state index contributed by atoms with van der Waals surface area (Å²) in [5.74, 6) is 0.00731. The fourth-order valence-corrected chi connectivity index (χ4v) is 2.09. The van der Waals surface area contributed by atoms with E-state index in [2.05, 4.69) is 10.1 Å². The van der Waals surface area contributed by atoms with Gasteiger partial charge >= 0.3 is 6.18 Å². The largest absolute Gasteiger partial charge is 0.417 e. The van der Waals surface area contributed by atoms with E-state index in [-0.39, 0.29) is 22.4 Å². The summed E-state index contributed by atoms with van der Waals surface area (Å²) in [6.45, 7) is 0. The number of halogens is 5. The van der Waals surface area contributed by atoms with E-state index in [9.17, 15) is 13.2 Å². The third-order valence-corrected chi connectivity index (χ3v) is 3.66. The summed E-state index contributed by atoms with van der Waals surface area (Å²) in [5.41, 5.74) is 4.79. The standard InChI is InChI=1S/C10H4ClF3IN5/c11-5-1-4(10(12,13)14)3-18-9(5)20-8(17)7(15)6(2-16)19-20/h1,3H,17H2. The van der Waals surface area contributed by atoms with Crippen LogP contribution in [-0.4, -0.2) is 14.8 Å². The molecule has 0 fully saturated rings. The van der Waals surface area contributed by atoms with E-state index < -0.39 is 11.7 Å². The first-order valence-electron chi connectivity index (χ1n) is 4.93. The Morgan fingerprint density at radius 1 is 1.45 bits per heavy atom. The molecule has 0 spiro atoms. The van der Waals surface area contributed by atoms with Crippen molar-refractivity contribution >= 4 is 40.0 Å². The van der Waals surface area contributed by atoms with Crippen LogP contribution in [0.1, 0.15) is 11.3 Å². The normalized spacial score (nSPS) is 11.4. The van der Waals surface area contributed by atoms with E-state index in [0.717, 1.165) is 10.7 Å². The number of hydrogen-bond acceptors (Lipinski definition) is 4. The van der Waals surface area contributed by atoms with Gasteiger partial charge in [0.1, 0.15) is 11.9 Å². The van der Waals surface area contributed by atoms with Gasteiger partial charge in [-0.3, -0.25) is 0 Å². The number of alkyl halides is 3. The number of aromatic nitrogens is 3. The van der Waals surface area contributed by atoms with Crippen LogP contribution in [0.15, 0.2) is 12.3 Å². The zero-order valence-electron chi connectivity index (χ0n) is 9.41. The van der Waals surface area contributed by atoms with Crippen molar-refractivity contribution in [3.63, 3.8) is 0 Å². The molecule has 0 aliphatic carbocycles. The predicted octanol–water partition coefficient (Wildman–Crippen LogP) is 3.00. The van der Waals surface area contributed by atoms with E-state index in [1.807, 2.05) is 6.07 Å². The molecule has 0 saturated carbocycles. The average molecular weight is 414 g/mol. The van der Waals surface area contributed by atoms with Crippen LogP contribution in [0, 0.1) is 14.9 Å². The van der Waals surface area contributed by atoms with E-state index >= 15 is 0 Å². The van der Waals surface area contributed by atoms with Crippen LogP contribution in [0.3, 0.4) is 0 Å². The Bertz CT molecular complexity index is 719. The molecule has 2 heterocycles. The van der Waals surface area contributed by atoms with Crippen molar-refractivity contribution in [3.05, 3.63) is 32.1 Å². The molecule has 10 heteroatoms. The van der Waals surface area contributed by atoms with Crippen molar-refractivity contribution in [1.82, 2.24) is 14.8 Å². The zero-order valence-corrected chi connectivity index (χ0v) is 12.3. The fraction of sp³-hybridized carbons (Fsp3) is 0.100. The van der Waals surface area contributed by atoms with Crippen molar-refractivity contribution in [3.8, 4) is 11.9 Å². The van der Waals surface area contributed by atoms with E-state index in [4.69, 9.17) is 22.6 Å². The van der Waals surface area contributed by atoms with Gasteiger partial charge in [0.25, 0.3) is 0 Å². The second kappa shape index (κ2) is 5.10. The van der Waals surface area contributed by atoms with Gasteiger partial charge in [-0.15, -0.1) is 0 Å². The number of nitriles is 1. The first-order chi connectivity index (χ1) is 9.25. The van der Waals surface area contributed by atoms with Gasteiger partial charge in [0.05, 0.1) is 14.2 Å². The molecule has 0 saturated heterocycles. The van der Waals surface area contributed by atoms with Crippen LogP contribution in [0.4, 0.5) is 19.0 Å². The smallest absolute Gasteiger partial charge is 0.383 e. The Labute approximate surface area is 129 Å². The summed E-state index contributed by atoms with van der Waals surface area (Å²) in [5, 5.41) is 12.4. The minimum atomic E-state index is -4.54. The second-order valence-corrected chi connectivity index (χ2v) is 5.08. The lowest BCUT2D eigenvalue weighted by atomic mass is 10.3. The van der Waals surface area contributed by atoms with E-state index in [1.54, 1.807) is 22.6 Å². The third kappa shape index (κ3) is 2.53. The molecule has 2 aromatic heterocycles. The molecule has 0 aromatic carbocycles. The number of nitrogens with two attached hydrogens (primary N) is 1. The van der Waals surface area contributed by atoms with Crippen molar-refractivity contribution in [2.45, 2.75) is 6.18 Å². The molecule has 2 aromatic rings. The average Bonchev–Trinajstić information content (AvgIpc) is 2.65. The summed E-state index contributed by atoms with van der Waals surface area (Å²) in [7, 11) is 0. The van der Waals surface area contributed by atoms with E-state index in [0.29, 0.717) is 9.77 Å². The highest BCUT2D eigenvalue weighted by molar-refractivity contribution is 14.1. The highest BCUT2D eigenvalue weighted by Gasteiger charge is 2.32. The summed E-state index contributed by atoms with van der Waals surface area (Å²) < 4.78 is 39.0. The highest BCUT2D eigenvalue weighted by atomic mass is 127. The number of nitrogens with zero attached hydrogens (tertiary/aromatic N) is 4. The maximum atomic E-state index is 12.5. The van der Waals surface area contributed by atoms with Gasteiger partial charge in [-0.25, -0.2) is 4.98 Å². The number of hydrogen-bond donors (Lipinski definition) is 1. The van der Waals surface area contributed by atoms with Gasteiger partial charge in [-0.2, -0.15) is 28.2 Å². The SMILES string of the molecule is N#Cc1nn(-c2ncc(C(F)(F)F)cc2Cl)c(N)c1I. The molecule has 0 amide bonds. The fourth-order valence-electron chi connectivity index (χ4n) is 1.39. The molecule has 0 unspecified atom stereocenters.